The molecular formula is C24H16ClN5O4S3. The summed E-state index contributed by atoms with van der Waals surface area (Å²) in [6.07, 6.45) is 3.12. The molecule has 0 aliphatic carbocycles. The van der Waals surface area contributed by atoms with Crippen molar-refractivity contribution in [2.75, 3.05) is 11.8 Å². The van der Waals surface area contributed by atoms with Gasteiger partial charge in [-0.3, -0.25) is 9.52 Å². The minimum Gasteiger partial charge on any atom is -0.480 e. The van der Waals surface area contributed by atoms with Gasteiger partial charge in [0.1, 0.15) is 17.7 Å². The Morgan fingerprint density at radius 3 is 2.73 bits per heavy atom. The highest BCUT2D eigenvalue weighted by Crippen LogP contribution is 2.40. The number of sulfonamides is 1. The van der Waals surface area contributed by atoms with E-state index in [1.54, 1.807) is 12.3 Å². The number of ether oxygens (including phenoxy) is 1. The van der Waals surface area contributed by atoms with Crippen LogP contribution in [0, 0.1) is 0 Å². The van der Waals surface area contributed by atoms with Gasteiger partial charge < -0.3 is 10.1 Å². The van der Waals surface area contributed by atoms with E-state index in [0.29, 0.717) is 5.56 Å². The molecule has 0 atom stereocenters. The third kappa shape index (κ3) is 4.31. The van der Waals surface area contributed by atoms with Crippen LogP contribution in [0.1, 0.15) is 15.2 Å². The zero-order valence-corrected chi connectivity index (χ0v) is 22.2. The molecule has 9 nitrogen and oxygen atoms in total. The number of amides is 1. The Labute approximate surface area is 224 Å². The number of nitrogens with one attached hydrogen (secondary N) is 2. The topological polar surface area (TPSA) is 123 Å². The van der Waals surface area contributed by atoms with Gasteiger partial charge in [-0.05, 0) is 42.5 Å². The van der Waals surface area contributed by atoms with Crippen molar-refractivity contribution in [2.45, 2.75) is 11.4 Å². The summed E-state index contributed by atoms with van der Waals surface area (Å²) in [4.78, 5) is 28.7. The summed E-state index contributed by atoms with van der Waals surface area (Å²) in [5, 5.41) is 2.95. The lowest BCUT2D eigenvalue weighted by molar-refractivity contribution is 0.0951. The molecule has 1 aromatic carbocycles. The molecule has 186 valence electrons. The Morgan fingerprint density at radius 1 is 1.03 bits per heavy atom. The number of hydrogen-bond acceptors (Lipinski definition) is 9. The molecule has 0 radical (unpaired) electrons. The van der Waals surface area contributed by atoms with Gasteiger partial charge in [0.15, 0.2) is 0 Å². The smallest absolute Gasteiger partial charge is 0.262 e. The highest BCUT2D eigenvalue weighted by atomic mass is 35.5. The number of aromatic nitrogens is 3. The maximum absolute atomic E-state index is 13.3. The molecule has 5 aromatic rings. The highest BCUT2D eigenvalue weighted by molar-refractivity contribution is 7.92. The Balaban J connectivity index is 1.57. The van der Waals surface area contributed by atoms with Crippen molar-refractivity contribution < 1.29 is 17.9 Å². The lowest BCUT2D eigenvalue weighted by atomic mass is 10.2. The Hall–Kier alpha value is -3.58. The Bertz CT molecular complexity index is 1820. The first-order chi connectivity index (χ1) is 17.8. The predicted molar refractivity (Wildman–Crippen MR) is 144 cm³/mol. The van der Waals surface area contributed by atoms with Gasteiger partial charge in [-0.2, -0.15) is 0 Å². The number of carbonyl (C=O) groups excluding carboxylic acids is 1. The van der Waals surface area contributed by atoms with Gasteiger partial charge in [0.25, 0.3) is 15.9 Å². The van der Waals surface area contributed by atoms with E-state index in [-0.39, 0.29) is 33.6 Å². The third-order valence-corrected chi connectivity index (χ3v) is 9.66. The van der Waals surface area contributed by atoms with E-state index in [0.717, 1.165) is 30.5 Å². The molecule has 2 N–H and O–H groups in total. The number of rotatable bonds is 1. The summed E-state index contributed by atoms with van der Waals surface area (Å²) in [5.41, 5.74) is 2.41. The zero-order chi connectivity index (χ0) is 25.7. The molecular weight excluding hydrogens is 554 g/mol. The molecule has 37 heavy (non-hydrogen) atoms. The Morgan fingerprint density at radius 2 is 1.89 bits per heavy atom. The molecule has 0 spiro atoms. The molecule has 1 amide bonds. The molecule has 0 unspecified atom stereocenters. The molecule has 6 rings (SSSR count). The predicted octanol–water partition coefficient (Wildman–Crippen LogP) is 5.19. The van der Waals surface area contributed by atoms with E-state index in [1.165, 1.54) is 54.3 Å². The normalized spacial score (nSPS) is 14.5. The van der Waals surface area contributed by atoms with Crippen molar-refractivity contribution in [3.8, 4) is 26.9 Å². The number of benzene rings is 1. The molecule has 5 heterocycles. The van der Waals surface area contributed by atoms with Gasteiger partial charge in [-0.1, -0.05) is 11.6 Å². The number of halogens is 1. The Kier molecular flexibility index (Phi) is 5.83. The number of fused-ring (bicyclic) bond motifs is 9. The van der Waals surface area contributed by atoms with Crippen molar-refractivity contribution >= 4 is 66.1 Å². The van der Waals surface area contributed by atoms with Gasteiger partial charge in [0.2, 0.25) is 5.88 Å². The van der Waals surface area contributed by atoms with Crippen LogP contribution >= 0.6 is 34.3 Å². The van der Waals surface area contributed by atoms with Crippen LogP contribution in [0.15, 0.2) is 59.9 Å². The number of hydrogen-bond donors (Lipinski definition) is 2. The summed E-state index contributed by atoms with van der Waals surface area (Å²) >= 11 is 9.24. The second-order valence-electron chi connectivity index (χ2n) is 8.02. The second kappa shape index (κ2) is 9.06. The van der Waals surface area contributed by atoms with Crippen molar-refractivity contribution in [1.29, 1.82) is 0 Å². The fourth-order valence-electron chi connectivity index (χ4n) is 3.91. The third-order valence-electron chi connectivity index (χ3n) is 5.70. The lowest BCUT2D eigenvalue weighted by Gasteiger charge is -2.13. The zero-order valence-electron chi connectivity index (χ0n) is 19.0. The van der Waals surface area contributed by atoms with Crippen LogP contribution < -0.4 is 14.8 Å². The molecule has 0 fully saturated rings. The van der Waals surface area contributed by atoms with Crippen LogP contribution in [0.5, 0.6) is 5.88 Å². The first-order valence-corrected chi connectivity index (χ1v) is 14.3. The van der Waals surface area contributed by atoms with Crippen LogP contribution in [0.2, 0.25) is 5.02 Å². The first-order valence-electron chi connectivity index (χ1n) is 10.8. The number of thiophene rings is 2. The molecule has 8 bridgehead atoms. The molecule has 4 aromatic heterocycles. The van der Waals surface area contributed by atoms with Crippen molar-refractivity contribution in [1.82, 2.24) is 20.3 Å². The van der Waals surface area contributed by atoms with E-state index in [9.17, 15) is 13.2 Å². The van der Waals surface area contributed by atoms with Crippen molar-refractivity contribution in [3.05, 3.63) is 70.5 Å². The summed E-state index contributed by atoms with van der Waals surface area (Å²) in [5.74, 6) is -0.395. The number of carbonyl (C=O) groups is 1. The first kappa shape index (κ1) is 23.8. The lowest BCUT2D eigenvalue weighted by Crippen LogP contribution is -2.23. The van der Waals surface area contributed by atoms with Crippen LogP contribution in [-0.2, 0) is 16.6 Å². The minimum absolute atomic E-state index is 0.0449. The van der Waals surface area contributed by atoms with Gasteiger partial charge in [-0.15, -0.1) is 22.7 Å². The second-order valence-corrected chi connectivity index (χ2v) is 12.3. The molecule has 1 aliphatic heterocycles. The fourth-order valence-corrected chi connectivity index (χ4v) is 7.29. The van der Waals surface area contributed by atoms with E-state index < -0.39 is 15.9 Å². The maximum Gasteiger partial charge on any atom is 0.262 e. The molecule has 1 aliphatic rings. The minimum atomic E-state index is -4.12. The van der Waals surface area contributed by atoms with Gasteiger partial charge in [0.05, 0.1) is 44.2 Å². The number of pyridine rings is 1. The average molecular weight is 570 g/mol. The fraction of sp³-hybridized carbons (Fsp3) is 0.0833. The molecule has 0 saturated carbocycles. The summed E-state index contributed by atoms with van der Waals surface area (Å²) in [7, 11) is -2.72. The van der Waals surface area contributed by atoms with E-state index in [1.807, 2.05) is 18.2 Å². The standard InChI is InChI=1S/C24H16ClN5O4S3/c1-34-24-18-6-12(9-27-24)20-8-17-22(36-20)21(29-11-28-17)19-5-2-13(35-19)10-26-23(31)15-7-14(3-4-16(15)25)37(32,33)30-18/h2-9,11,30H,10H2,1H3,(H,26,31). The molecule has 13 heteroatoms. The van der Waals surface area contributed by atoms with Crippen molar-refractivity contribution in [3.63, 3.8) is 0 Å². The van der Waals surface area contributed by atoms with Gasteiger partial charge in [0, 0.05) is 21.5 Å². The number of nitrogens with zero attached hydrogens (tertiary/aromatic N) is 3. The van der Waals surface area contributed by atoms with E-state index in [4.69, 9.17) is 16.3 Å². The maximum atomic E-state index is 13.3. The molecule has 0 saturated heterocycles. The monoisotopic (exact) mass is 569 g/mol. The van der Waals surface area contributed by atoms with Crippen LogP contribution in [-0.4, -0.2) is 36.4 Å². The largest absolute Gasteiger partial charge is 0.480 e. The van der Waals surface area contributed by atoms with Gasteiger partial charge in [-0.25, -0.2) is 23.4 Å². The van der Waals surface area contributed by atoms with E-state index in [2.05, 4.69) is 25.0 Å². The van der Waals surface area contributed by atoms with Crippen LogP contribution in [0.25, 0.3) is 31.2 Å². The SMILES string of the molecule is COc1ncc2cc1NS(=O)(=O)c1ccc(Cl)c(c1)C(=O)NCc1ccc(s1)-c1ncnc3cc-2sc13. The number of anilines is 1. The summed E-state index contributed by atoms with van der Waals surface area (Å²) in [6.45, 7) is 0.242. The van der Waals surface area contributed by atoms with Gasteiger partial charge >= 0.3 is 0 Å². The number of methoxy groups -OCH3 is 1. The summed E-state index contributed by atoms with van der Waals surface area (Å²) in [6, 6.07) is 11.4. The quantitative estimate of drug-likeness (QED) is 0.285. The average Bonchev–Trinajstić information content (AvgIpc) is 3.54. The van der Waals surface area contributed by atoms with E-state index >= 15 is 0 Å². The van der Waals surface area contributed by atoms with Crippen molar-refractivity contribution in [2.24, 2.45) is 0 Å². The van der Waals surface area contributed by atoms with Crippen LogP contribution in [0.4, 0.5) is 5.69 Å². The highest BCUT2D eigenvalue weighted by Gasteiger charge is 2.22. The summed E-state index contributed by atoms with van der Waals surface area (Å²) < 4.78 is 35.4. The van der Waals surface area contributed by atoms with Crippen LogP contribution in [0.3, 0.4) is 0 Å².